The van der Waals surface area contributed by atoms with Gasteiger partial charge in [-0.1, -0.05) is 35.9 Å². The van der Waals surface area contributed by atoms with E-state index in [1.807, 2.05) is 55.5 Å². The Balaban J connectivity index is 0.00000370. The number of amides is 2. The highest BCUT2D eigenvalue weighted by Crippen LogP contribution is 2.32. The third-order valence-corrected chi connectivity index (χ3v) is 7.01. The number of rotatable bonds is 8. The lowest BCUT2D eigenvalue weighted by Crippen LogP contribution is -2.34. The fourth-order valence-corrected chi connectivity index (χ4v) is 4.52. The Hall–Kier alpha value is -3.76. The van der Waals surface area contributed by atoms with Crippen molar-refractivity contribution < 1.29 is 18.3 Å². The summed E-state index contributed by atoms with van der Waals surface area (Å²) in [4.78, 5) is 17.7. The van der Waals surface area contributed by atoms with Crippen LogP contribution < -0.4 is 20.7 Å². The minimum Gasteiger partial charge on any atom is -0.474 e. The van der Waals surface area contributed by atoms with Crippen molar-refractivity contribution in [2.45, 2.75) is 38.2 Å². The van der Waals surface area contributed by atoms with Crippen LogP contribution in [0.1, 0.15) is 31.0 Å². The van der Waals surface area contributed by atoms with E-state index in [4.69, 9.17) is 4.74 Å². The fourth-order valence-electron chi connectivity index (χ4n) is 4.52. The van der Waals surface area contributed by atoms with E-state index in [0.29, 0.717) is 17.3 Å². The van der Waals surface area contributed by atoms with Crippen molar-refractivity contribution in [1.29, 1.82) is 0 Å². The number of pyridine rings is 1. The summed E-state index contributed by atoms with van der Waals surface area (Å²) >= 11 is 0. The number of hydrogen-bond donors (Lipinski definition) is 3. The molecule has 1 aliphatic rings. The number of anilines is 2. The first-order valence-electron chi connectivity index (χ1n) is 13.0. The highest BCUT2D eigenvalue weighted by atomic mass is 35.5. The summed E-state index contributed by atoms with van der Waals surface area (Å²) in [5, 5.41) is 15.0. The Morgan fingerprint density at radius 1 is 1.07 bits per heavy atom. The van der Waals surface area contributed by atoms with Crippen molar-refractivity contribution >= 4 is 40.7 Å². The van der Waals surface area contributed by atoms with Gasteiger partial charge in [0, 0.05) is 16.8 Å². The number of halogens is 3. The van der Waals surface area contributed by atoms with Crippen molar-refractivity contribution in [3.05, 3.63) is 72.1 Å². The van der Waals surface area contributed by atoms with E-state index in [1.54, 1.807) is 6.20 Å². The van der Waals surface area contributed by atoms with Crippen LogP contribution in [0.2, 0.25) is 0 Å². The molecule has 3 N–H and O–H groups in total. The molecule has 0 atom stereocenters. The smallest absolute Gasteiger partial charge is 0.324 e. The SMILES string of the molecule is Cc1ccc(-n2nc(C(C)(CF)CF)cc2NC(=O)Nc2cnc(OC3CCNCC3)c3ccccc23)cc1.Cl. The molecule has 2 aromatic carbocycles. The van der Waals surface area contributed by atoms with E-state index in [2.05, 4.69) is 26.0 Å². The number of nitrogens with one attached hydrogen (secondary N) is 3. The normalized spacial score (nSPS) is 14.0. The lowest BCUT2D eigenvalue weighted by Gasteiger charge is -2.24. The summed E-state index contributed by atoms with van der Waals surface area (Å²) < 4.78 is 35.3. The van der Waals surface area contributed by atoms with Gasteiger partial charge in [0.1, 0.15) is 25.3 Å². The number of alkyl halides is 2. The summed E-state index contributed by atoms with van der Waals surface area (Å²) in [6.07, 6.45) is 3.46. The van der Waals surface area contributed by atoms with Gasteiger partial charge in [0.05, 0.1) is 28.7 Å². The first-order valence-corrected chi connectivity index (χ1v) is 13.0. The molecule has 8 nitrogen and oxygen atoms in total. The van der Waals surface area contributed by atoms with Crippen LogP contribution in [-0.2, 0) is 5.41 Å². The minimum absolute atomic E-state index is 0. The highest BCUT2D eigenvalue weighted by molar-refractivity contribution is 6.06. The zero-order valence-corrected chi connectivity index (χ0v) is 23.2. The Labute approximate surface area is 237 Å². The predicted molar refractivity (Wildman–Crippen MR) is 156 cm³/mol. The van der Waals surface area contributed by atoms with Gasteiger partial charge in [-0.2, -0.15) is 5.10 Å². The van der Waals surface area contributed by atoms with Crippen LogP contribution >= 0.6 is 12.4 Å². The van der Waals surface area contributed by atoms with E-state index in [0.717, 1.165) is 42.3 Å². The van der Waals surface area contributed by atoms with Crippen LogP contribution in [0.5, 0.6) is 5.88 Å². The summed E-state index contributed by atoms with van der Waals surface area (Å²) in [6, 6.07) is 16.0. The summed E-state index contributed by atoms with van der Waals surface area (Å²) in [5.41, 5.74) is 0.971. The standard InChI is InChI=1S/C29H32F2N6O2.ClH/c1-19-7-9-20(10-8-19)37-26(15-25(36-37)29(2,17-30)18-31)35-28(38)34-24-16-33-27(23-6-4-3-5-22(23)24)39-21-11-13-32-14-12-21;/h3-10,15-16,21,32H,11-14,17-18H2,1-2H3,(H2,34,35,38);1H. The number of nitrogens with zero attached hydrogens (tertiary/aromatic N) is 3. The van der Waals surface area contributed by atoms with Crippen LogP contribution in [0.15, 0.2) is 60.8 Å². The number of aryl methyl sites for hydroxylation is 1. The molecule has 11 heteroatoms. The summed E-state index contributed by atoms with van der Waals surface area (Å²) in [5.74, 6) is 0.810. The van der Waals surface area contributed by atoms with E-state index in [-0.39, 0.29) is 30.0 Å². The monoisotopic (exact) mass is 570 g/mol. The van der Waals surface area contributed by atoms with Gasteiger partial charge in [-0.05, 0) is 58.0 Å². The molecule has 212 valence electrons. The molecule has 5 rings (SSSR count). The molecule has 1 aliphatic heterocycles. The first-order chi connectivity index (χ1) is 18.9. The van der Waals surface area contributed by atoms with Crippen LogP contribution in [0, 0.1) is 6.92 Å². The second-order valence-electron chi connectivity index (χ2n) is 10.2. The van der Waals surface area contributed by atoms with Crippen LogP contribution in [0.4, 0.5) is 25.1 Å². The molecule has 2 amide bonds. The third kappa shape index (κ3) is 6.18. The molecule has 0 unspecified atom stereocenters. The van der Waals surface area contributed by atoms with E-state index in [9.17, 15) is 13.6 Å². The number of fused-ring (bicyclic) bond motifs is 1. The molecular formula is C29H33ClF2N6O2. The van der Waals surface area contributed by atoms with Crippen molar-refractivity contribution in [3.63, 3.8) is 0 Å². The van der Waals surface area contributed by atoms with E-state index < -0.39 is 24.8 Å². The highest BCUT2D eigenvalue weighted by Gasteiger charge is 2.31. The maximum absolute atomic E-state index is 13.8. The lowest BCUT2D eigenvalue weighted by molar-refractivity contribution is 0.158. The fraction of sp³-hybridized carbons (Fsp3) is 0.345. The first kappa shape index (κ1) is 29.2. The number of carbonyl (C=O) groups is 1. The molecule has 0 spiro atoms. The van der Waals surface area contributed by atoms with E-state index >= 15 is 0 Å². The second-order valence-corrected chi connectivity index (χ2v) is 10.2. The van der Waals surface area contributed by atoms with Gasteiger partial charge in [0.15, 0.2) is 0 Å². The number of piperidine rings is 1. The van der Waals surface area contributed by atoms with Gasteiger partial charge in [0.25, 0.3) is 0 Å². The number of hydrogen-bond acceptors (Lipinski definition) is 5. The van der Waals surface area contributed by atoms with Crippen LogP contribution in [0.25, 0.3) is 16.5 Å². The second kappa shape index (κ2) is 12.6. The molecule has 4 aromatic rings. The van der Waals surface area contributed by atoms with Crippen molar-refractivity contribution in [3.8, 4) is 11.6 Å². The maximum atomic E-state index is 13.8. The Morgan fingerprint density at radius 3 is 2.42 bits per heavy atom. The van der Waals surface area contributed by atoms with Crippen LogP contribution in [-0.4, -0.2) is 53.3 Å². The number of ether oxygens (including phenoxy) is 1. The summed E-state index contributed by atoms with van der Waals surface area (Å²) in [7, 11) is 0. The van der Waals surface area contributed by atoms with E-state index in [1.165, 1.54) is 17.7 Å². The third-order valence-electron chi connectivity index (χ3n) is 7.01. The molecule has 3 heterocycles. The number of benzene rings is 2. The molecular weight excluding hydrogens is 538 g/mol. The quantitative estimate of drug-likeness (QED) is 0.237. The molecule has 1 fully saturated rings. The van der Waals surface area contributed by atoms with Gasteiger partial charge in [-0.15, -0.1) is 12.4 Å². The number of carbonyl (C=O) groups excluding carboxylic acids is 1. The zero-order chi connectivity index (χ0) is 27.4. The van der Waals surface area contributed by atoms with Crippen molar-refractivity contribution in [2.75, 3.05) is 37.1 Å². The largest absolute Gasteiger partial charge is 0.474 e. The van der Waals surface area contributed by atoms with Crippen molar-refractivity contribution in [2.24, 2.45) is 0 Å². The molecule has 0 aliphatic carbocycles. The average Bonchev–Trinajstić information content (AvgIpc) is 3.39. The van der Waals surface area contributed by atoms with Gasteiger partial charge >= 0.3 is 6.03 Å². The topological polar surface area (TPSA) is 93.1 Å². The predicted octanol–water partition coefficient (Wildman–Crippen LogP) is 6.12. The van der Waals surface area contributed by atoms with Crippen LogP contribution in [0.3, 0.4) is 0 Å². The zero-order valence-electron chi connectivity index (χ0n) is 22.4. The molecule has 0 radical (unpaired) electrons. The number of urea groups is 1. The number of aromatic nitrogens is 3. The lowest BCUT2D eigenvalue weighted by atomic mass is 9.90. The Morgan fingerprint density at radius 2 is 1.75 bits per heavy atom. The van der Waals surface area contributed by atoms with Gasteiger partial charge < -0.3 is 15.4 Å². The molecule has 0 saturated carbocycles. The molecule has 40 heavy (non-hydrogen) atoms. The maximum Gasteiger partial charge on any atom is 0.324 e. The summed E-state index contributed by atoms with van der Waals surface area (Å²) in [6.45, 7) is 3.37. The van der Waals surface area contributed by atoms with Gasteiger partial charge in [-0.3, -0.25) is 5.32 Å². The van der Waals surface area contributed by atoms with Gasteiger partial charge in [-0.25, -0.2) is 23.2 Å². The Bertz CT molecular complexity index is 1450. The minimum atomic E-state index is -1.42. The molecule has 1 saturated heterocycles. The molecule has 2 aromatic heterocycles. The molecule has 0 bridgehead atoms. The van der Waals surface area contributed by atoms with Gasteiger partial charge in [0.2, 0.25) is 5.88 Å². The average molecular weight is 571 g/mol. The van der Waals surface area contributed by atoms with Crippen molar-refractivity contribution in [1.82, 2.24) is 20.1 Å². The Kier molecular flexibility index (Phi) is 9.21.